The second kappa shape index (κ2) is 5.74. The van der Waals surface area contributed by atoms with Crippen LogP contribution < -0.4 is 5.32 Å². The Balaban J connectivity index is 1.63. The molecule has 3 aromatic heterocycles. The minimum Gasteiger partial charge on any atom is -0.363 e. The molecule has 0 radical (unpaired) electrons. The Kier molecular flexibility index (Phi) is 3.64. The molecule has 0 aliphatic rings. The number of nitrogens with one attached hydrogen (secondary N) is 1. The van der Waals surface area contributed by atoms with Gasteiger partial charge in [0, 0.05) is 0 Å². The van der Waals surface area contributed by atoms with Gasteiger partial charge in [0.25, 0.3) is 0 Å². The van der Waals surface area contributed by atoms with Gasteiger partial charge in [-0.15, -0.1) is 10.2 Å². The summed E-state index contributed by atoms with van der Waals surface area (Å²) in [6, 6.07) is 3.83. The topological polar surface area (TPSA) is 81.4 Å². The third-order valence-electron chi connectivity index (χ3n) is 2.66. The molecule has 0 unspecified atom stereocenters. The van der Waals surface area contributed by atoms with E-state index in [9.17, 15) is 0 Å². The van der Waals surface area contributed by atoms with Crippen molar-refractivity contribution in [3.05, 3.63) is 41.0 Å². The summed E-state index contributed by atoms with van der Waals surface area (Å²) in [5.41, 5.74) is 0.872. The number of hydrogen-bond acceptors (Lipinski definition) is 7. The van der Waals surface area contributed by atoms with Gasteiger partial charge in [-0.25, -0.2) is 14.6 Å². The summed E-state index contributed by atoms with van der Waals surface area (Å²) in [4.78, 5) is 8.24. The summed E-state index contributed by atoms with van der Waals surface area (Å²) in [5, 5.41) is 17.5. The van der Waals surface area contributed by atoms with Crippen molar-refractivity contribution in [3.63, 3.8) is 0 Å². The molecular formula is C12H13N7S. The van der Waals surface area contributed by atoms with Gasteiger partial charge in [0.15, 0.2) is 0 Å². The van der Waals surface area contributed by atoms with E-state index in [-0.39, 0.29) is 0 Å². The SMILES string of the molecule is CCc1nnc(CNc2ccc(-n3cncn3)cn2)s1. The molecule has 3 rings (SSSR count). The molecule has 0 saturated carbocycles. The summed E-state index contributed by atoms with van der Waals surface area (Å²) in [5.74, 6) is 0.794. The standard InChI is InChI=1S/C12H13N7S/c1-2-11-17-18-12(20-11)6-15-10-4-3-9(5-14-10)19-8-13-7-16-19/h3-5,7-8H,2,6H2,1H3,(H,14,15). The van der Waals surface area contributed by atoms with Crippen LogP contribution in [0.25, 0.3) is 5.69 Å². The van der Waals surface area contributed by atoms with E-state index in [0.29, 0.717) is 6.54 Å². The number of pyridine rings is 1. The van der Waals surface area contributed by atoms with E-state index in [2.05, 4.69) is 37.5 Å². The van der Waals surface area contributed by atoms with Crippen molar-refractivity contribution in [1.29, 1.82) is 0 Å². The van der Waals surface area contributed by atoms with Crippen LogP contribution in [0.1, 0.15) is 16.9 Å². The Morgan fingerprint density at radius 1 is 1.25 bits per heavy atom. The molecular weight excluding hydrogens is 274 g/mol. The van der Waals surface area contributed by atoms with E-state index in [0.717, 1.165) is 27.9 Å². The van der Waals surface area contributed by atoms with E-state index in [1.807, 2.05) is 12.1 Å². The lowest BCUT2D eigenvalue weighted by Crippen LogP contribution is -2.02. The van der Waals surface area contributed by atoms with Crippen molar-refractivity contribution >= 4 is 17.2 Å². The lowest BCUT2D eigenvalue weighted by molar-refractivity contribution is 0.871. The van der Waals surface area contributed by atoms with Crippen LogP contribution in [0.15, 0.2) is 31.0 Å². The number of hydrogen-bond donors (Lipinski definition) is 1. The minimum absolute atomic E-state index is 0.632. The van der Waals surface area contributed by atoms with Crippen LogP contribution in [0.2, 0.25) is 0 Å². The summed E-state index contributed by atoms with van der Waals surface area (Å²) in [6.07, 6.45) is 5.79. The lowest BCUT2D eigenvalue weighted by Gasteiger charge is -2.04. The van der Waals surface area contributed by atoms with Crippen LogP contribution in [-0.4, -0.2) is 29.9 Å². The molecule has 0 spiro atoms. The Bertz CT molecular complexity index is 659. The van der Waals surface area contributed by atoms with Crippen LogP contribution in [0.5, 0.6) is 0 Å². The molecule has 0 bridgehead atoms. The maximum atomic E-state index is 4.33. The van der Waals surface area contributed by atoms with E-state index in [1.165, 1.54) is 6.33 Å². The highest BCUT2D eigenvalue weighted by atomic mass is 32.1. The first-order valence-corrected chi connectivity index (χ1v) is 7.03. The van der Waals surface area contributed by atoms with Gasteiger partial charge in [0.05, 0.1) is 18.4 Å². The molecule has 7 nitrogen and oxygen atoms in total. The maximum absolute atomic E-state index is 4.33. The zero-order chi connectivity index (χ0) is 13.8. The third-order valence-corrected chi connectivity index (χ3v) is 3.73. The Hall–Kier alpha value is -2.35. The highest BCUT2D eigenvalue weighted by Gasteiger charge is 2.03. The zero-order valence-electron chi connectivity index (χ0n) is 10.9. The van der Waals surface area contributed by atoms with Gasteiger partial charge >= 0.3 is 0 Å². The monoisotopic (exact) mass is 287 g/mol. The van der Waals surface area contributed by atoms with Crippen LogP contribution >= 0.6 is 11.3 Å². The van der Waals surface area contributed by atoms with Gasteiger partial charge in [-0.2, -0.15) is 5.10 Å². The second-order valence-corrected chi connectivity index (χ2v) is 5.18. The number of aromatic nitrogens is 6. The summed E-state index contributed by atoms with van der Waals surface area (Å²) in [7, 11) is 0. The highest BCUT2D eigenvalue weighted by molar-refractivity contribution is 7.11. The van der Waals surface area contributed by atoms with Gasteiger partial charge in [-0.05, 0) is 18.6 Å². The first-order valence-electron chi connectivity index (χ1n) is 6.21. The molecule has 102 valence electrons. The zero-order valence-corrected chi connectivity index (χ0v) is 11.7. The van der Waals surface area contributed by atoms with Crippen molar-refractivity contribution in [2.45, 2.75) is 19.9 Å². The van der Waals surface area contributed by atoms with Gasteiger partial charge in [0.2, 0.25) is 0 Å². The van der Waals surface area contributed by atoms with Gasteiger partial charge in [-0.3, -0.25) is 0 Å². The van der Waals surface area contributed by atoms with Crippen molar-refractivity contribution in [2.24, 2.45) is 0 Å². The third kappa shape index (κ3) is 2.80. The van der Waals surface area contributed by atoms with E-state index < -0.39 is 0 Å². The average Bonchev–Trinajstić information content (AvgIpc) is 3.17. The normalized spacial score (nSPS) is 10.7. The van der Waals surface area contributed by atoms with Crippen LogP contribution in [0.4, 0.5) is 5.82 Å². The predicted molar refractivity (Wildman–Crippen MR) is 75.8 cm³/mol. The summed E-state index contributed by atoms with van der Waals surface area (Å²) >= 11 is 1.62. The number of anilines is 1. The van der Waals surface area contributed by atoms with Crippen molar-refractivity contribution in [3.8, 4) is 5.69 Å². The quantitative estimate of drug-likeness (QED) is 0.769. The van der Waals surface area contributed by atoms with Gasteiger partial charge < -0.3 is 5.32 Å². The molecule has 0 saturated heterocycles. The summed E-state index contributed by atoms with van der Waals surface area (Å²) in [6.45, 7) is 2.70. The molecule has 0 aliphatic carbocycles. The largest absolute Gasteiger partial charge is 0.363 e. The van der Waals surface area contributed by atoms with Crippen LogP contribution in [-0.2, 0) is 13.0 Å². The lowest BCUT2D eigenvalue weighted by atomic mass is 10.4. The highest BCUT2D eigenvalue weighted by Crippen LogP contribution is 2.13. The van der Waals surface area contributed by atoms with Gasteiger partial charge in [-0.1, -0.05) is 18.3 Å². The van der Waals surface area contributed by atoms with Crippen LogP contribution in [0, 0.1) is 0 Å². The molecule has 8 heteroatoms. The van der Waals surface area contributed by atoms with Crippen LogP contribution in [0.3, 0.4) is 0 Å². The smallest absolute Gasteiger partial charge is 0.138 e. The molecule has 0 fully saturated rings. The molecule has 0 amide bonds. The number of aryl methyl sites for hydroxylation is 1. The van der Waals surface area contributed by atoms with Crippen molar-refractivity contribution < 1.29 is 0 Å². The fraction of sp³-hybridized carbons (Fsp3) is 0.250. The molecule has 3 heterocycles. The molecule has 1 N–H and O–H groups in total. The van der Waals surface area contributed by atoms with Gasteiger partial charge in [0.1, 0.15) is 28.5 Å². The average molecular weight is 287 g/mol. The predicted octanol–water partition coefficient (Wildman–Crippen LogP) is 1.69. The molecule has 20 heavy (non-hydrogen) atoms. The number of nitrogens with zero attached hydrogens (tertiary/aromatic N) is 6. The maximum Gasteiger partial charge on any atom is 0.138 e. The van der Waals surface area contributed by atoms with Crippen molar-refractivity contribution in [1.82, 2.24) is 29.9 Å². The van der Waals surface area contributed by atoms with E-state index in [1.54, 1.807) is 28.5 Å². The van der Waals surface area contributed by atoms with Crippen molar-refractivity contribution in [2.75, 3.05) is 5.32 Å². The molecule has 0 aromatic carbocycles. The van der Waals surface area contributed by atoms with E-state index in [4.69, 9.17) is 0 Å². The fourth-order valence-electron chi connectivity index (χ4n) is 1.64. The minimum atomic E-state index is 0.632. The second-order valence-electron chi connectivity index (χ2n) is 4.04. The Morgan fingerprint density at radius 3 is 2.80 bits per heavy atom. The number of rotatable bonds is 5. The Labute approximate surface area is 119 Å². The summed E-state index contributed by atoms with van der Waals surface area (Å²) < 4.78 is 1.66. The molecule has 0 aliphatic heterocycles. The first-order chi connectivity index (χ1) is 9.85. The Morgan fingerprint density at radius 2 is 2.15 bits per heavy atom. The first kappa shape index (κ1) is 12.7. The molecule has 3 aromatic rings. The fourth-order valence-corrected chi connectivity index (χ4v) is 2.36. The molecule has 0 atom stereocenters. The van der Waals surface area contributed by atoms with E-state index >= 15 is 0 Å².